The van der Waals surface area contributed by atoms with Gasteiger partial charge in [-0.15, -0.1) is 0 Å². The number of nitrogens with two attached hydrogens (primary N) is 1. The minimum Gasteiger partial charge on any atom is -0.458 e. The van der Waals surface area contributed by atoms with E-state index in [2.05, 4.69) is 0 Å². The second kappa shape index (κ2) is 7.31. The molecule has 2 aromatic carbocycles. The van der Waals surface area contributed by atoms with Crippen LogP contribution in [0.4, 0.5) is 5.69 Å². The molecule has 0 radical (unpaired) electrons. The van der Waals surface area contributed by atoms with Crippen LogP contribution in [0, 0.1) is 0 Å². The SMILES string of the molecule is CC(C)(C)OC(=O)C1CC(c2ccccc2N)=CN1S(=O)(=O)c1ccccc1. The van der Waals surface area contributed by atoms with Gasteiger partial charge in [-0.3, -0.25) is 4.31 Å². The summed E-state index contributed by atoms with van der Waals surface area (Å²) in [6.45, 7) is 5.25. The molecule has 0 bridgehead atoms. The molecule has 0 saturated carbocycles. The molecule has 0 aliphatic carbocycles. The highest BCUT2D eigenvalue weighted by Gasteiger charge is 2.41. The van der Waals surface area contributed by atoms with Gasteiger partial charge in [0.2, 0.25) is 0 Å². The van der Waals surface area contributed by atoms with Crippen molar-refractivity contribution in [1.29, 1.82) is 0 Å². The van der Waals surface area contributed by atoms with Crippen LogP contribution in [0.25, 0.3) is 5.57 Å². The standard InChI is InChI=1S/C21H24N2O4S/c1-21(2,3)27-20(24)19-13-15(17-11-7-8-12-18(17)22)14-23(19)28(25,26)16-9-5-4-6-10-16/h4-12,14,19H,13,22H2,1-3H3. The molecule has 2 aromatic rings. The molecule has 28 heavy (non-hydrogen) atoms. The zero-order valence-corrected chi connectivity index (χ0v) is 16.9. The number of nitrogens with zero attached hydrogens (tertiary/aromatic N) is 1. The molecule has 0 spiro atoms. The van der Waals surface area contributed by atoms with Gasteiger partial charge in [-0.2, -0.15) is 0 Å². The van der Waals surface area contributed by atoms with Crippen molar-refractivity contribution in [2.75, 3.05) is 5.73 Å². The molecule has 1 aliphatic rings. The van der Waals surface area contributed by atoms with Crippen LogP contribution < -0.4 is 5.73 Å². The largest absolute Gasteiger partial charge is 0.458 e. The van der Waals surface area contributed by atoms with Gasteiger partial charge in [0.25, 0.3) is 10.0 Å². The molecule has 1 heterocycles. The lowest BCUT2D eigenvalue weighted by Crippen LogP contribution is -2.42. The van der Waals surface area contributed by atoms with E-state index in [4.69, 9.17) is 10.5 Å². The summed E-state index contributed by atoms with van der Waals surface area (Å²) in [6, 6.07) is 14.2. The Hall–Kier alpha value is -2.80. The van der Waals surface area contributed by atoms with Crippen molar-refractivity contribution in [2.24, 2.45) is 0 Å². The maximum atomic E-state index is 13.2. The van der Waals surface area contributed by atoms with Gasteiger partial charge in [0.1, 0.15) is 11.6 Å². The van der Waals surface area contributed by atoms with Crippen molar-refractivity contribution in [3.8, 4) is 0 Å². The number of sulfonamides is 1. The first-order valence-corrected chi connectivity index (χ1v) is 10.4. The first kappa shape index (κ1) is 19.9. The Kier molecular flexibility index (Phi) is 5.21. The number of nitrogen functional groups attached to an aromatic ring is 1. The molecule has 0 aromatic heterocycles. The Balaban J connectivity index is 2.05. The predicted molar refractivity (Wildman–Crippen MR) is 109 cm³/mol. The third kappa shape index (κ3) is 4.04. The van der Waals surface area contributed by atoms with E-state index in [1.165, 1.54) is 18.3 Å². The van der Waals surface area contributed by atoms with Crippen LogP contribution in [0.5, 0.6) is 0 Å². The molecule has 0 amide bonds. The highest BCUT2D eigenvalue weighted by Crippen LogP contribution is 2.36. The van der Waals surface area contributed by atoms with E-state index in [0.29, 0.717) is 16.8 Å². The number of carbonyl (C=O) groups is 1. The van der Waals surface area contributed by atoms with Crippen molar-refractivity contribution in [2.45, 2.75) is 43.7 Å². The van der Waals surface area contributed by atoms with Crippen LogP contribution in [0.2, 0.25) is 0 Å². The quantitative estimate of drug-likeness (QED) is 0.627. The minimum atomic E-state index is -3.93. The van der Waals surface area contributed by atoms with E-state index in [1.54, 1.807) is 51.1 Å². The van der Waals surface area contributed by atoms with E-state index in [9.17, 15) is 13.2 Å². The first-order valence-electron chi connectivity index (χ1n) is 8.96. The third-order valence-electron chi connectivity index (χ3n) is 4.31. The number of rotatable bonds is 4. The molecular weight excluding hydrogens is 376 g/mol. The number of benzene rings is 2. The van der Waals surface area contributed by atoms with Gasteiger partial charge in [0, 0.05) is 23.9 Å². The number of hydrogen-bond donors (Lipinski definition) is 1. The van der Waals surface area contributed by atoms with Crippen molar-refractivity contribution in [3.63, 3.8) is 0 Å². The molecule has 148 valence electrons. The summed E-state index contributed by atoms with van der Waals surface area (Å²) in [4.78, 5) is 12.9. The second-order valence-electron chi connectivity index (χ2n) is 7.64. The Morgan fingerprint density at radius 2 is 1.68 bits per heavy atom. The van der Waals surface area contributed by atoms with Crippen molar-refractivity contribution in [3.05, 3.63) is 66.4 Å². The van der Waals surface area contributed by atoms with Crippen molar-refractivity contribution >= 4 is 27.3 Å². The number of hydrogen-bond acceptors (Lipinski definition) is 5. The summed E-state index contributed by atoms with van der Waals surface area (Å²) in [6.07, 6.45) is 1.68. The van der Waals surface area contributed by atoms with Crippen LogP contribution in [0.15, 0.2) is 65.7 Å². The van der Waals surface area contributed by atoms with E-state index in [1.807, 2.05) is 12.1 Å². The monoisotopic (exact) mass is 400 g/mol. The third-order valence-corrected chi connectivity index (χ3v) is 6.09. The van der Waals surface area contributed by atoms with E-state index in [-0.39, 0.29) is 11.3 Å². The molecule has 6 nitrogen and oxygen atoms in total. The predicted octanol–water partition coefficient (Wildman–Crippen LogP) is 3.41. The molecular formula is C21H24N2O4S. The summed E-state index contributed by atoms with van der Waals surface area (Å²) >= 11 is 0. The van der Waals surface area contributed by atoms with Gasteiger partial charge in [-0.25, -0.2) is 13.2 Å². The van der Waals surface area contributed by atoms with Crippen LogP contribution in [0.1, 0.15) is 32.8 Å². The number of carbonyl (C=O) groups excluding carboxylic acids is 1. The number of esters is 1. The van der Waals surface area contributed by atoms with Crippen molar-refractivity contribution < 1.29 is 17.9 Å². The van der Waals surface area contributed by atoms with Crippen LogP contribution in [-0.2, 0) is 19.6 Å². The van der Waals surface area contributed by atoms with Gasteiger partial charge in [-0.05, 0) is 44.5 Å². The van der Waals surface area contributed by atoms with Crippen molar-refractivity contribution in [1.82, 2.24) is 4.31 Å². The van der Waals surface area contributed by atoms with Gasteiger partial charge >= 0.3 is 5.97 Å². The lowest BCUT2D eigenvalue weighted by atomic mass is 10.0. The topological polar surface area (TPSA) is 89.7 Å². The van der Waals surface area contributed by atoms with Crippen LogP contribution in [0.3, 0.4) is 0 Å². The number of anilines is 1. The summed E-state index contributed by atoms with van der Waals surface area (Å²) in [5.74, 6) is -0.590. The Morgan fingerprint density at radius 3 is 2.29 bits per heavy atom. The molecule has 1 atom stereocenters. The number of ether oxygens (including phenoxy) is 1. The van der Waals surface area contributed by atoms with E-state index < -0.39 is 27.6 Å². The summed E-state index contributed by atoms with van der Waals surface area (Å²) < 4.78 is 33.0. The zero-order chi connectivity index (χ0) is 20.5. The van der Waals surface area contributed by atoms with Gasteiger partial charge in [0.15, 0.2) is 0 Å². The van der Waals surface area contributed by atoms with Crippen LogP contribution in [-0.4, -0.2) is 30.3 Å². The lowest BCUT2D eigenvalue weighted by molar-refractivity contribution is -0.158. The number of para-hydroxylation sites is 1. The minimum absolute atomic E-state index is 0.113. The first-order chi connectivity index (χ1) is 13.1. The Labute approximate surface area is 165 Å². The summed E-state index contributed by atoms with van der Waals surface area (Å²) in [5, 5.41) is 0. The van der Waals surface area contributed by atoms with E-state index >= 15 is 0 Å². The summed E-state index contributed by atoms with van der Waals surface area (Å²) in [7, 11) is -3.93. The molecule has 7 heteroatoms. The Bertz CT molecular complexity index is 1010. The highest BCUT2D eigenvalue weighted by atomic mass is 32.2. The highest BCUT2D eigenvalue weighted by molar-refractivity contribution is 7.89. The average Bonchev–Trinajstić information content (AvgIpc) is 3.08. The van der Waals surface area contributed by atoms with E-state index in [0.717, 1.165) is 4.31 Å². The smallest absolute Gasteiger partial charge is 0.330 e. The molecule has 0 fully saturated rings. The normalized spacial score (nSPS) is 17.3. The fourth-order valence-corrected chi connectivity index (χ4v) is 4.58. The average molecular weight is 401 g/mol. The second-order valence-corrected chi connectivity index (χ2v) is 9.49. The Morgan fingerprint density at radius 1 is 1.07 bits per heavy atom. The molecule has 3 rings (SSSR count). The van der Waals surface area contributed by atoms with Gasteiger partial charge < -0.3 is 10.5 Å². The molecule has 0 saturated heterocycles. The zero-order valence-electron chi connectivity index (χ0n) is 16.1. The fraction of sp³-hybridized carbons (Fsp3) is 0.286. The molecule has 2 N–H and O–H groups in total. The maximum Gasteiger partial charge on any atom is 0.330 e. The molecule has 1 aliphatic heterocycles. The molecule has 1 unspecified atom stereocenters. The van der Waals surface area contributed by atoms with Gasteiger partial charge in [-0.1, -0.05) is 36.4 Å². The van der Waals surface area contributed by atoms with Crippen LogP contribution >= 0.6 is 0 Å². The maximum absolute atomic E-state index is 13.2. The summed E-state index contributed by atoms with van der Waals surface area (Å²) in [5.41, 5.74) is 7.24. The van der Waals surface area contributed by atoms with Gasteiger partial charge in [0.05, 0.1) is 4.90 Å². The lowest BCUT2D eigenvalue weighted by Gasteiger charge is -2.27. The fourth-order valence-electron chi connectivity index (χ4n) is 3.07.